The third-order valence-corrected chi connectivity index (χ3v) is 3.76. The molecule has 8 heteroatoms. The summed E-state index contributed by atoms with van der Waals surface area (Å²) in [6.07, 6.45) is 0. The molecule has 0 unspecified atom stereocenters. The molecular weight excluding hydrogens is 413 g/mol. The minimum Gasteiger partial charge on any atom is -0.461 e. The molecule has 0 amide bonds. The molecule has 0 aliphatic carbocycles. The largest absolute Gasteiger partial charge is 0.461 e. The maximum atomic E-state index is 14.4. The number of esters is 1. The molecule has 0 bridgehead atoms. The summed E-state index contributed by atoms with van der Waals surface area (Å²) in [7, 11) is 0. The van der Waals surface area contributed by atoms with E-state index < -0.39 is 23.3 Å². The summed E-state index contributed by atoms with van der Waals surface area (Å²) in [5.41, 5.74) is -0.719. The second-order valence-corrected chi connectivity index (χ2v) is 5.91. The third kappa shape index (κ3) is 4.02. The molecule has 2 aromatic carbocycles. The van der Waals surface area contributed by atoms with Gasteiger partial charge in [-0.1, -0.05) is 33.6 Å². The summed E-state index contributed by atoms with van der Waals surface area (Å²) in [6, 6.07) is 7.28. The first-order valence-corrected chi connectivity index (χ1v) is 7.90. The molecule has 0 saturated carbocycles. The van der Waals surface area contributed by atoms with Gasteiger partial charge in [-0.3, -0.25) is 0 Å². The Bertz CT molecular complexity index is 748. The Kier molecular flexibility index (Phi) is 5.77. The number of benzene rings is 2. The van der Waals surface area contributed by atoms with Gasteiger partial charge in [0.2, 0.25) is 0 Å². The van der Waals surface area contributed by atoms with Crippen molar-refractivity contribution in [1.82, 2.24) is 0 Å². The van der Waals surface area contributed by atoms with Crippen molar-refractivity contribution in [2.24, 2.45) is 0 Å². The Morgan fingerprint density at radius 3 is 2.62 bits per heavy atom. The zero-order valence-corrected chi connectivity index (χ0v) is 14.6. The van der Waals surface area contributed by atoms with Crippen LogP contribution in [-0.4, -0.2) is 12.6 Å². The SMILES string of the molecule is CCOC(=O)C(F)(F)c1c(Br)cccc1Oc1cc(F)cc(Cl)c1. The molecule has 0 atom stereocenters. The number of ether oxygens (including phenoxy) is 2. The number of carbonyl (C=O) groups excluding carboxylic acids is 1. The van der Waals surface area contributed by atoms with Gasteiger partial charge in [-0.25, -0.2) is 9.18 Å². The van der Waals surface area contributed by atoms with Gasteiger partial charge in [-0.15, -0.1) is 0 Å². The summed E-state index contributed by atoms with van der Waals surface area (Å²) >= 11 is 8.69. The van der Waals surface area contributed by atoms with Gasteiger partial charge >= 0.3 is 11.9 Å². The van der Waals surface area contributed by atoms with Crippen molar-refractivity contribution in [3.8, 4) is 11.5 Å². The van der Waals surface area contributed by atoms with Crippen molar-refractivity contribution in [3.63, 3.8) is 0 Å². The van der Waals surface area contributed by atoms with E-state index in [0.29, 0.717) is 0 Å². The van der Waals surface area contributed by atoms with Crippen LogP contribution in [0.2, 0.25) is 5.02 Å². The topological polar surface area (TPSA) is 35.5 Å². The van der Waals surface area contributed by atoms with Crippen molar-refractivity contribution in [1.29, 1.82) is 0 Å². The summed E-state index contributed by atoms with van der Waals surface area (Å²) in [4.78, 5) is 11.6. The van der Waals surface area contributed by atoms with E-state index >= 15 is 0 Å². The first-order chi connectivity index (χ1) is 11.3. The van der Waals surface area contributed by atoms with Crippen molar-refractivity contribution in [2.45, 2.75) is 12.8 Å². The maximum Gasteiger partial charge on any atom is 0.382 e. The Hall–Kier alpha value is -1.73. The zero-order chi connectivity index (χ0) is 17.9. The average molecular weight is 424 g/mol. The number of hydrogen-bond donors (Lipinski definition) is 0. The van der Waals surface area contributed by atoms with Gasteiger partial charge in [-0.05, 0) is 31.2 Å². The summed E-state index contributed by atoms with van der Waals surface area (Å²) in [6.45, 7) is 1.22. The zero-order valence-electron chi connectivity index (χ0n) is 12.3. The number of hydrogen-bond acceptors (Lipinski definition) is 3. The number of halogens is 5. The van der Waals surface area contributed by atoms with Crippen molar-refractivity contribution in [2.75, 3.05) is 6.61 Å². The highest BCUT2D eigenvalue weighted by Crippen LogP contribution is 2.42. The standard InChI is InChI=1S/C16H11BrClF3O3/c1-2-23-15(22)16(20,21)14-12(17)4-3-5-13(14)24-11-7-9(18)6-10(19)8-11/h3-8H,2H2,1H3. The summed E-state index contributed by atoms with van der Waals surface area (Å²) in [5, 5.41) is 0.0405. The van der Waals surface area contributed by atoms with Gasteiger partial charge in [-0.2, -0.15) is 8.78 Å². The van der Waals surface area contributed by atoms with Crippen LogP contribution in [0.5, 0.6) is 11.5 Å². The van der Waals surface area contributed by atoms with E-state index in [1.807, 2.05) is 0 Å². The van der Waals surface area contributed by atoms with E-state index in [1.165, 1.54) is 31.2 Å². The van der Waals surface area contributed by atoms with Crippen LogP contribution < -0.4 is 4.74 Å². The van der Waals surface area contributed by atoms with Gasteiger partial charge in [0, 0.05) is 15.6 Å². The van der Waals surface area contributed by atoms with Crippen molar-refractivity contribution < 1.29 is 27.4 Å². The summed E-state index contributed by atoms with van der Waals surface area (Å²) in [5.74, 6) is -6.77. The lowest BCUT2D eigenvalue weighted by atomic mass is 10.1. The first-order valence-electron chi connectivity index (χ1n) is 6.73. The van der Waals surface area contributed by atoms with Gasteiger partial charge in [0.1, 0.15) is 17.3 Å². The molecule has 128 valence electrons. The fourth-order valence-corrected chi connectivity index (χ4v) is 2.74. The molecule has 0 aliphatic rings. The quantitative estimate of drug-likeness (QED) is 0.580. The fraction of sp³-hybridized carbons (Fsp3) is 0.188. The number of alkyl halides is 2. The van der Waals surface area contributed by atoms with E-state index in [-0.39, 0.29) is 27.6 Å². The van der Waals surface area contributed by atoms with Crippen molar-refractivity contribution >= 4 is 33.5 Å². The van der Waals surface area contributed by atoms with Crippen LogP contribution in [0, 0.1) is 5.82 Å². The highest BCUT2D eigenvalue weighted by Gasteiger charge is 2.46. The maximum absolute atomic E-state index is 14.4. The van der Waals surface area contributed by atoms with E-state index in [1.54, 1.807) is 0 Å². The van der Waals surface area contributed by atoms with E-state index in [9.17, 15) is 18.0 Å². The lowest BCUT2D eigenvalue weighted by molar-refractivity contribution is -0.173. The Labute approximate surface area is 149 Å². The van der Waals surface area contributed by atoms with Crippen LogP contribution in [0.25, 0.3) is 0 Å². The minimum atomic E-state index is -3.96. The normalized spacial score (nSPS) is 11.2. The van der Waals surface area contributed by atoms with Gasteiger partial charge < -0.3 is 9.47 Å². The fourth-order valence-electron chi connectivity index (χ4n) is 1.93. The van der Waals surface area contributed by atoms with E-state index in [4.69, 9.17) is 16.3 Å². The molecular formula is C16H11BrClF3O3. The average Bonchev–Trinajstić information content (AvgIpc) is 2.46. The molecule has 3 nitrogen and oxygen atoms in total. The number of carbonyl (C=O) groups is 1. The lowest BCUT2D eigenvalue weighted by Gasteiger charge is -2.20. The van der Waals surface area contributed by atoms with Gasteiger partial charge in [0.25, 0.3) is 0 Å². The second-order valence-electron chi connectivity index (χ2n) is 4.62. The molecule has 0 saturated heterocycles. The Morgan fingerprint density at radius 2 is 2.00 bits per heavy atom. The Balaban J connectivity index is 2.48. The highest BCUT2D eigenvalue weighted by molar-refractivity contribution is 9.10. The van der Waals surface area contributed by atoms with Crippen LogP contribution in [0.15, 0.2) is 40.9 Å². The molecule has 0 N–H and O–H groups in total. The van der Waals surface area contributed by atoms with Crippen LogP contribution >= 0.6 is 27.5 Å². The minimum absolute atomic E-state index is 0.0405. The van der Waals surface area contributed by atoms with Crippen LogP contribution in [0.3, 0.4) is 0 Å². The molecule has 0 fully saturated rings. The van der Waals surface area contributed by atoms with Gasteiger partial charge in [0.05, 0.1) is 12.2 Å². The molecule has 0 radical (unpaired) electrons. The van der Waals surface area contributed by atoms with Crippen LogP contribution in [0.1, 0.15) is 12.5 Å². The Morgan fingerprint density at radius 1 is 1.29 bits per heavy atom. The molecule has 0 aromatic heterocycles. The molecule has 0 aliphatic heterocycles. The highest BCUT2D eigenvalue weighted by atomic mass is 79.9. The van der Waals surface area contributed by atoms with E-state index in [2.05, 4.69) is 20.7 Å². The van der Waals surface area contributed by atoms with Gasteiger partial charge in [0.15, 0.2) is 0 Å². The molecule has 24 heavy (non-hydrogen) atoms. The van der Waals surface area contributed by atoms with E-state index in [0.717, 1.165) is 12.1 Å². The lowest BCUT2D eigenvalue weighted by Crippen LogP contribution is -2.29. The number of rotatable bonds is 5. The monoisotopic (exact) mass is 422 g/mol. The molecule has 0 spiro atoms. The first kappa shape index (κ1) is 18.6. The predicted octanol–water partition coefficient (Wildman–Crippen LogP) is 5.69. The molecule has 2 rings (SSSR count). The van der Waals surface area contributed by atoms with Crippen LogP contribution in [0.4, 0.5) is 13.2 Å². The van der Waals surface area contributed by atoms with Crippen LogP contribution in [-0.2, 0) is 15.5 Å². The smallest absolute Gasteiger partial charge is 0.382 e. The second kappa shape index (κ2) is 7.44. The van der Waals surface area contributed by atoms with Crippen molar-refractivity contribution in [3.05, 3.63) is 57.3 Å². The molecule has 2 aromatic rings. The summed E-state index contributed by atoms with van der Waals surface area (Å²) < 4.78 is 51.9. The third-order valence-electron chi connectivity index (χ3n) is 2.89. The predicted molar refractivity (Wildman–Crippen MR) is 86.2 cm³/mol. The molecule has 0 heterocycles.